The normalized spacial score (nSPS) is 10.6. The maximum absolute atomic E-state index is 5.63. The van der Waals surface area contributed by atoms with Crippen molar-refractivity contribution in [3.63, 3.8) is 0 Å². The molecule has 88 valence electrons. The molecule has 0 saturated heterocycles. The van der Waals surface area contributed by atoms with E-state index in [2.05, 4.69) is 0 Å². The van der Waals surface area contributed by atoms with Crippen molar-refractivity contribution in [3.05, 3.63) is 36.7 Å². The van der Waals surface area contributed by atoms with Crippen LogP contribution in [0.15, 0.2) is 41.6 Å². The molecule has 0 aliphatic heterocycles. The molecule has 0 amide bonds. The third-order valence-electron chi connectivity index (χ3n) is 1.96. The van der Waals surface area contributed by atoms with Crippen molar-refractivity contribution in [3.8, 4) is 5.75 Å². The van der Waals surface area contributed by atoms with Crippen LogP contribution in [0.25, 0.3) is 0 Å². The fourth-order valence-electron chi connectivity index (χ4n) is 1.13. The van der Waals surface area contributed by atoms with Crippen molar-refractivity contribution in [2.75, 3.05) is 19.4 Å². The monoisotopic (exact) mass is 239 g/mol. The number of rotatable bonds is 6. The summed E-state index contributed by atoms with van der Waals surface area (Å²) in [6.45, 7) is 0.754. The highest BCUT2D eigenvalue weighted by Gasteiger charge is 1.96. The second-order valence-electron chi connectivity index (χ2n) is 3.10. The highest BCUT2D eigenvalue weighted by molar-refractivity contribution is 7.99. The van der Waals surface area contributed by atoms with E-state index in [4.69, 9.17) is 16.3 Å². The second-order valence-corrected chi connectivity index (χ2v) is 4.27. The predicted octanol–water partition coefficient (Wildman–Crippen LogP) is 1.39. The zero-order valence-electron chi connectivity index (χ0n) is 9.30. The lowest BCUT2D eigenvalue weighted by Gasteiger charge is -2.12. The molecule has 16 heavy (non-hydrogen) atoms. The quantitative estimate of drug-likeness (QED) is 0.446. The molecule has 0 aromatic heterocycles. The van der Waals surface area contributed by atoms with Crippen LogP contribution < -0.4 is 16.3 Å². The number of benzene rings is 1. The van der Waals surface area contributed by atoms with E-state index in [1.54, 1.807) is 30.1 Å². The number of hydrazine groups is 1. The number of methoxy groups -OCH3 is 1. The van der Waals surface area contributed by atoms with Gasteiger partial charge >= 0.3 is 0 Å². The van der Waals surface area contributed by atoms with Gasteiger partial charge in [-0.1, -0.05) is 0 Å². The Morgan fingerprint density at radius 1 is 1.38 bits per heavy atom. The standard InChI is InChI=1S/C11H17N3OS/c1-15-10-2-4-11(5-3-10)16-9-8-14(13)7-6-12/h2-7H,8-9,12-13H2,1H3/b7-6-. The SMILES string of the molecule is COc1ccc(SCCN(N)/C=C\N)cc1. The van der Waals surface area contributed by atoms with Gasteiger partial charge in [0.25, 0.3) is 0 Å². The molecular weight excluding hydrogens is 222 g/mol. The Hall–Kier alpha value is -1.33. The van der Waals surface area contributed by atoms with Gasteiger partial charge in [-0.05, 0) is 24.3 Å². The minimum Gasteiger partial charge on any atom is -0.497 e. The number of thioether (sulfide) groups is 1. The molecule has 4 nitrogen and oxygen atoms in total. The van der Waals surface area contributed by atoms with Crippen LogP contribution >= 0.6 is 11.8 Å². The van der Waals surface area contributed by atoms with Gasteiger partial charge in [-0.25, -0.2) is 5.84 Å². The third kappa shape index (κ3) is 4.46. The van der Waals surface area contributed by atoms with Crippen LogP contribution in [0.1, 0.15) is 0 Å². The number of nitrogens with two attached hydrogens (primary N) is 2. The fraction of sp³-hybridized carbons (Fsp3) is 0.273. The van der Waals surface area contributed by atoms with Crippen LogP contribution in [0.5, 0.6) is 5.75 Å². The Morgan fingerprint density at radius 2 is 2.06 bits per heavy atom. The molecule has 0 heterocycles. The summed E-state index contributed by atoms with van der Waals surface area (Å²) in [5.74, 6) is 7.41. The van der Waals surface area contributed by atoms with E-state index in [-0.39, 0.29) is 0 Å². The summed E-state index contributed by atoms with van der Waals surface area (Å²) in [5.41, 5.74) is 5.22. The molecule has 0 fully saturated rings. The van der Waals surface area contributed by atoms with Gasteiger partial charge in [0, 0.05) is 29.6 Å². The van der Waals surface area contributed by atoms with E-state index in [9.17, 15) is 0 Å². The number of nitrogens with zero attached hydrogens (tertiary/aromatic N) is 1. The molecule has 1 aromatic rings. The lowest BCUT2D eigenvalue weighted by atomic mass is 10.3. The summed E-state index contributed by atoms with van der Waals surface area (Å²) < 4.78 is 5.08. The Labute approximate surface area is 100 Å². The maximum Gasteiger partial charge on any atom is 0.118 e. The highest BCUT2D eigenvalue weighted by Crippen LogP contribution is 2.20. The molecule has 0 saturated carbocycles. The average molecular weight is 239 g/mol. The molecule has 0 bridgehead atoms. The van der Waals surface area contributed by atoms with Crippen molar-refractivity contribution in [1.29, 1.82) is 0 Å². The van der Waals surface area contributed by atoms with Crippen LogP contribution in [-0.2, 0) is 0 Å². The molecule has 0 radical (unpaired) electrons. The molecule has 0 atom stereocenters. The van der Waals surface area contributed by atoms with Crippen molar-refractivity contribution in [2.24, 2.45) is 11.6 Å². The van der Waals surface area contributed by atoms with Crippen LogP contribution in [0.3, 0.4) is 0 Å². The Bertz CT molecular complexity index is 327. The van der Waals surface area contributed by atoms with E-state index in [1.165, 1.54) is 11.1 Å². The minimum absolute atomic E-state index is 0.754. The zero-order chi connectivity index (χ0) is 11.8. The second kappa shape index (κ2) is 7.03. The zero-order valence-corrected chi connectivity index (χ0v) is 10.1. The van der Waals surface area contributed by atoms with Gasteiger partial charge in [0.05, 0.1) is 7.11 Å². The van der Waals surface area contributed by atoms with Gasteiger partial charge < -0.3 is 15.5 Å². The summed E-state index contributed by atoms with van der Waals surface area (Å²) in [6, 6.07) is 7.96. The van der Waals surface area contributed by atoms with E-state index >= 15 is 0 Å². The molecule has 0 aliphatic rings. The van der Waals surface area contributed by atoms with E-state index in [0.717, 1.165) is 18.0 Å². The number of hydrogen-bond acceptors (Lipinski definition) is 5. The summed E-state index contributed by atoms with van der Waals surface area (Å²) in [7, 11) is 1.66. The summed E-state index contributed by atoms with van der Waals surface area (Å²) in [5, 5.41) is 1.57. The van der Waals surface area contributed by atoms with Gasteiger partial charge in [0.2, 0.25) is 0 Å². The third-order valence-corrected chi connectivity index (χ3v) is 2.95. The van der Waals surface area contributed by atoms with Crippen LogP contribution in [-0.4, -0.2) is 24.4 Å². The van der Waals surface area contributed by atoms with Crippen molar-refractivity contribution in [2.45, 2.75) is 4.90 Å². The summed E-state index contributed by atoms with van der Waals surface area (Å²) >= 11 is 1.74. The van der Waals surface area contributed by atoms with Gasteiger partial charge in [0.1, 0.15) is 5.75 Å². The maximum atomic E-state index is 5.63. The van der Waals surface area contributed by atoms with Crippen molar-refractivity contribution >= 4 is 11.8 Å². The van der Waals surface area contributed by atoms with E-state index < -0.39 is 0 Å². The first-order chi connectivity index (χ1) is 7.76. The first-order valence-electron chi connectivity index (χ1n) is 4.93. The highest BCUT2D eigenvalue weighted by atomic mass is 32.2. The van der Waals surface area contributed by atoms with Crippen molar-refractivity contribution < 1.29 is 4.74 Å². The van der Waals surface area contributed by atoms with Gasteiger partial charge in [-0.15, -0.1) is 11.8 Å². The Balaban J connectivity index is 2.31. The topological polar surface area (TPSA) is 64.5 Å². The summed E-state index contributed by atoms with van der Waals surface area (Å²) in [4.78, 5) is 1.20. The van der Waals surface area contributed by atoms with E-state index in [0.29, 0.717) is 0 Å². The number of ether oxygens (including phenoxy) is 1. The Kier molecular flexibility index (Phi) is 5.60. The minimum atomic E-state index is 0.754. The lowest BCUT2D eigenvalue weighted by Crippen LogP contribution is -2.27. The van der Waals surface area contributed by atoms with Crippen LogP contribution in [0, 0.1) is 0 Å². The molecule has 0 unspecified atom stereocenters. The van der Waals surface area contributed by atoms with E-state index in [1.807, 2.05) is 24.3 Å². The molecule has 1 rings (SSSR count). The van der Waals surface area contributed by atoms with Gasteiger partial charge in [0.15, 0.2) is 0 Å². The summed E-state index contributed by atoms with van der Waals surface area (Å²) in [6.07, 6.45) is 3.08. The van der Waals surface area contributed by atoms with Crippen LogP contribution in [0.2, 0.25) is 0 Å². The van der Waals surface area contributed by atoms with Gasteiger partial charge in [-0.2, -0.15) is 0 Å². The molecule has 0 spiro atoms. The first kappa shape index (κ1) is 12.7. The van der Waals surface area contributed by atoms with Crippen LogP contribution in [0.4, 0.5) is 0 Å². The lowest BCUT2D eigenvalue weighted by molar-refractivity contribution is 0.414. The van der Waals surface area contributed by atoms with Crippen molar-refractivity contribution in [1.82, 2.24) is 5.01 Å². The molecular formula is C11H17N3OS. The molecule has 1 aromatic carbocycles. The smallest absolute Gasteiger partial charge is 0.118 e. The fourth-order valence-corrected chi connectivity index (χ4v) is 1.99. The Morgan fingerprint density at radius 3 is 2.62 bits per heavy atom. The average Bonchev–Trinajstić information content (AvgIpc) is 2.30. The molecule has 4 N–H and O–H groups in total. The molecule has 0 aliphatic carbocycles. The first-order valence-corrected chi connectivity index (χ1v) is 5.91. The predicted molar refractivity (Wildman–Crippen MR) is 67.9 cm³/mol. The number of hydrogen-bond donors (Lipinski definition) is 2. The largest absolute Gasteiger partial charge is 0.497 e. The molecule has 5 heteroatoms. The van der Waals surface area contributed by atoms with Gasteiger partial charge in [-0.3, -0.25) is 0 Å².